The van der Waals surface area contributed by atoms with Gasteiger partial charge in [0, 0.05) is 26.2 Å². The Balaban J connectivity index is 0.000000269. The lowest BCUT2D eigenvalue weighted by Crippen LogP contribution is -2.68. The topological polar surface area (TPSA) is 437 Å². The van der Waals surface area contributed by atoms with Crippen LogP contribution in [0.2, 0.25) is 0 Å². The maximum Gasteiger partial charge on any atom is 0.408 e. The smallest absolute Gasteiger partial charge is 0.408 e. The second-order valence-corrected chi connectivity index (χ2v) is 31.8. The van der Waals surface area contributed by atoms with Crippen LogP contribution in [-0.4, -0.2) is 248 Å². The fourth-order valence-corrected chi connectivity index (χ4v) is 15.6. The Labute approximate surface area is 557 Å². The zero-order valence-electron chi connectivity index (χ0n) is 56.3. The zero-order valence-corrected chi connectivity index (χ0v) is 57.9. The third-order valence-electron chi connectivity index (χ3n) is 17.3. The summed E-state index contributed by atoms with van der Waals surface area (Å²) >= 11 is 0. The van der Waals surface area contributed by atoms with E-state index in [0.29, 0.717) is 43.7 Å². The SMILES string of the molecule is CNCC1=CC[C@@H](NC(=O)OC(C)(C)C)[C@@H](O[C@H]2[C@H](O)[C@@H](O[C@H]3OC[C@](C)(O)[C@H](N(C)S(=O)(=O)c4ccccc4)[C@H]3O)[C@H](N)C[C@@H]2C)O1.C[C@H]1C[C@@H](N)[C@H](O[C@H]2OC[C@](C)(O)[C@H](N(C)S(=O)(=O)c3ccccc3)[C@H]2O)[C@@H](O)[C@@H]1O[C@H]1OC(CN)=CC[C@H]1NC(=O)OC(C)(C)C. The monoisotopic (exact) mass is 1390 g/mol. The number of likely N-dealkylation sites (N-methyl/N-ethyl adjacent to an activating group) is 3. The Bertz CT molecular complexity index is 3140. The summed E-state index contributed by atoms with van der Waals surface area (Å²) in [6.07, 6.45) is -11.5. The molecule has 22 atom stereocenters. The summed E-state index contributed by atoms with van der Waals surface area (Å²) in [6, 6.07) is 9.74. The van der Waals surface area contributed by atoms with Crippen molar-refractivity contribution in [1.29, 1.82) is 0 Å². The average Bonchev–Trinajstić information content (AvgIpc) is 0.763. The molecule has 30 nitrogen and oxygen atoms in total. The number of nitrogens with one attached hydrogen (secondary N) is 3. The fraction of sp³-hybridized carbons (Fsp3) is 0.714. The predicted molar refractivity (Wildman–Crippen MR) is 343 cm³/mol. The standard InChI is InChI=1S/C32H52N4O11S.C31H50N4O11S/c1-18-15-21(33)26(23(37)25(18)45-28-22(14-13-19(44-28)16-34-6)35-30(39)47-31(2,3)4)46-29-24(38)27(32(5,40)17-43-29)36(7)48(41,42)20-11-9-8-10-12-20;1-17-14-20(33)25(22(36)24(17)44-27-21(13-12-18(15-32)43-27)34-29(38)46-30(2,3)4)45-28-23(37)26(31(5,39)16-42-28)35(6)47(40,41)19-10-8-7-9-11-19/h8-13,18,21-29,34,37-38,40H,14-17,33H2,1-7H3,(H,35,39);7-12,17,20-28,36-37,39H,13-16,32-33H2,1-6H3,(H,34,38)/t18-,21+,22+,23-,24+,25+,26-,27+,28+,29+,32-;17-,20+,21+,22-,23+,24+,25-,26+,27+,28+,31-/m00/s1. The highest BCUT2D eigenvalue weighted by Gasteiger charge is 2.57. The lowest BCUT2D eigenvalue weighted by atomic mass is 9.80. The van der Waals surface area contributed by atoms with Gasteiger partial charge in [-0.3, -0.25) is 0 Å². The number of amides is 2. The number of ether oxygens (including phenoxy) is 10. The van der Waals surface area contributed by atoms with Crippen LogP contribution in [0.25, 0.3) is 0 Å². The van der Waals surface area contributed by atoms with Gasteiger partial charge in [0.1, 0.15) is 70.5 Å². The number of aliphatic hydroxyl groups is 6. The molecule has 0 spiro atoms. The lowest BCUT2D eigenvalue weighted by Gasteiger charge is -2.49. The van der Waals surface area contributed by atoms with Crippen LogP contribution in [0.15, 0.2) is 94.1 Å². The molecule has 32 heteroatoms. The van der Waals surface area contributed by atoms with E-state index in [1.807, 2.05) is 19.9 Å². The highest BCUT2D eigenvalue weighted by Crippen LogP contribution is 2.39. The Morgan fingerprint density at radius 2 is 0.937 bits per heavy atom. The van der Waals surface area contributed by atoms with E-state index in [4.69, 9.17) is 64.6 Å². The molecule has 0 aromatic heterocycles. The van der Waals surface area contributed by atoms with E-state index in [1.54, 1.807) is 91.1 Å². The molecule has 15 N–H and O–H groups in total. The number of nitrogens with two attached hydrogens (primary N) is 3. The molecule has 0 radical (unpaired) electrons. The Hall–Kier alpha value is -4.76. The summed E-state index contributed by atoms with van der Waals surface area (Å²) in [7, 11) is -3.99. The van der Waals surface area contributed by atoms with Gasteiger partial charge in [0.15, 0.2) is 12.6 Å². The summed E-state index contributed by atoms with van der Waals surface area (Å²) in [5, 5.41) is 77.0. The molecule has 2 saturated carbocycles. The number of alkyl carbamates (subject to hydrolysis) is 2. The second-order valence-electron chi connectivity index (χ2n) is 27.8. The maximum atomic E-state index is 13.5. The quantitative estimate of drug-likeness (QED) is 0.0911. The van der Waals surface area contributed by atoms with Crippen molar-refractivity contribution in [3.63, 3.8) is 0 Å². The van der Waals surface area contributed by atoms with Crippen LogP contribution in [0.3, 0.4) is 0 Å². The molecular formula is C63H102N8O22S2. The van der Waals surface area contributed by atoms with Gasteiger partial charge in [-0.15, -0.1) is 0 Å². The van der Waals surface area contributed by atoms with Gasteiger partial charge in [-0.25, -0.2) is 26.4 Å². The van der Waals surface area contributed by atoms with Crippen LogP contribution in [0.1, 0.15) is 94.9 Å². The molecule has 538 valence electrons. The minimum absolute atomic E-state index is 0.0183. The van der Waals surface area contributed by atoms with Crippen molar-refractivity contribution in [2.24, 2.45) is 29.0 Å². The van der Waals surface area contributed by atoms with Crippen LogP contribution in [0.4, 0.5) is 9.59 Å². The van der Waals surface area contributed by atoms with E-state index in [0.717, 1.165) is 8.61 Å². The highest BCUT2D eigenvalue weighted by molar-refractivity contribution is 7.89. The van der Waals surface area contributed by atoms with Crippen LogP contribution in [-0.2, 0) is 67.4 Å². The summed E-state index contributed by atoms with van der Waals surface area (Å²) in [4.78, 5) is 25.2. The maximum absolute atomic E-state index is 13.5. The molecule has 8 rings (SSSR count). The molecule has 2 amide bonds. The second kappa shape index (κ2) is 31.6. The van der Waals surface area contributed by atoms with Crippen molar-refractivity contribution in [3.05, 3.63) is 84.3 Å². The largest absolute Gasteiger partial charge is 0.466 e. The molecule has 4 heterocycles. The summed E-state index contributed by atoms with van der Waals surface area (Å²) in [6.45, 7) is 16.6. The van der Waals surface area contributed by atoms with Gasteiger partial charge in [-0.1, -0.05) is 50.2 Å². The molecule has 0 bridgehead atoms. The van der Waals surface area contributed by atoms with Gasteiger partial charge in [0.05, 0.1) is 72.5 Å². The lowest BCUT2D eigenvalue weighted by molar-refractivity contribution is -0.310. The molecule has 2 saturated heterocycles. The molecule has 2 aliphatic carbocycles. The van der Waals surface area contributed by atoms with E-state index >= 15 is 0 Å². The number of aliphatic hydroxyl groups excluding tert-OH is 4. The van der Waals surface area contributed by atoms with Crippen molar-refractivity contribution < 1.29 is 104 Å². The zero-order chi connectivity index (χ0) is 70.5. The van der Waals surface area contributed by atoms with Crippen LogP contribution >= 0.6 is 0 Å². The van der Waals surface area contributed by atoms with E-state index in [-0.39, 0.29) is 41.4 Å². The average molecular weight is 1390 g/mol. The molecule has 6 aliphatic rings. The van der Waals surface area contributed by atoms with Crippen LogP contribution in [0, 0.1) is 11.8 Å². The number of hydrogen-bond acceptors (Lipinski definition) is 26. The van der Waals surface area contributed by atoms with Gasteiger partial charge in [-0.2, -0.15) is 8.61 Å². The van der Waals surface area contributed by atoms with Crippen molar-refractivity contribution in [1.82, 2.24) is 24.6 Å². The van der Waals surface area contributed by atoms with Gasteiger partial charge >= 0.3 is 12.2 Å². The number of rotatable bonds is 19. The van der Waals surface area contributed by atoms with Crippen molar-refractivity contribution in [3.8, 4) is 0 Å². The highest BCUT2D eigenvalue weighted by atomic mass is 32.2. The minimum atomic E-state index is -4.14. The van der Waals surface area contributed by atoms with E-state index in [2.05, 4.69) is 16.0 Å². The Morgan fingerprint density at radius 1 is 0.589 bits per heavy atom. The van der Waals surface area contributed by atoms with Gasteiger partial charge in [0.25, 0.3) is 0 Å². The number of carbonyl (C=O) groups excluding carboxylic acids is 2. The third kappa shape index (κ3) is 19.2. The van der Waals surface area contributed by atoms with E-state index in [9.17, 15) is 57.1 Å². The summed E-state index contributed by atoms with van der Waals surface area (Å²) in [5.74, 6) is 0.461. The van der Waals surface area contributed by atoms with Crippen molar-refractivity contribution in [2.75, 3.05) is 47.4 Å². The minimum Gasteiger partial charge on any atom is -0.466 e. The third-order valence-corrected chi connectivity index (χ3v) is 21.0. The van der Waals surface area contributed by atoms with E-state index < -0.39 is 165 Å². The number of hydrogen-bond donors (Lipinski definition) is 12. The molecule has 4 fully saturated rings. The van der Waals surface area contributed by atoms with Gasteiger partial charge in [-0.05, 0) is 136 Å². The first-order chi connectivity index (χ1) is 44.2. The molecule has 2 aromatic rings. The van der Waals surface area contributed by atoms with E-state index in [1.165, 1.54) is 52.2 Å². The first-order valence-electron chi connectivity index (χ1n) is 31.9. The first kappa shape index (κ1) is 77.6. The number of benzene rings is 2. The van der Waals surface area contributed by atoms with Gasteiger partial charge in [0.2, 0.25) is 32.6 Å². The Morgan fingerprint density at radius 3 is 1.28 bits per heavy atom. The van der Waals surface area contributed by atoms with Crippen molar-refractivity contribution in [2.45, 2.75) is 237 Å². The fourth-order valence-electron chi connectivity index (χ4n) is 12.7. The number of sulfonamides is 2. The summed E-state index contributed by atoms with van der Waals surface area (Å²) < 4.78 is 115. The summed E-state index contributed by atoms with van der Waals surface area (Å²) in [5.41, 5.74) is 13.7. The molecule has 4 aliphatic heterocycles. The Kier molecular flexibility index (Phi) is 25.8. The van der Waals surface area contributed by atoms with Gasteiger partial charge < -0.3 is 111 Å². The first-order valence-corrected chi connectivity index (χ1v) is 34.7. The van der Waals surface area contributed by atoms with Crippen molar-refractivity contribution >= 4 is 32.2 Å². The number of carbonyl (C=O) groups is 2. The molecule has 0 unspecified atom stereocenters. The van der Waals surface area contributed by atoms with Crippen LogP contribution in [0.5, 0.6) is 0 Å². The number of nitrogens with zero attached hydrogens (tertiary/aromatic N) is 2. The predicted octanol–water partition coefficient (Wildman–Crippen LogP) is 0.510. The normalized spacial score (nSPS) is 36.5. The molecule has 2 aromatic carbocycles. The molecular weight excluding hydrogens is 1280 g/mol. The molecule has 95 heavy (non-hydrogen) atoms. The van der Waals surface area contributed by atoms with Crippen LogP contribution < -0.4 is 33.2 Å².